The highest BCUT2D eigenvalue weighted by molar-refractivity contribution is 5.49. The molecule has 0 spiro atoms. The number of rotatable bonds is 6. The summed E-state index contributed by atoms with van der Waals surface area (Å²) in [7, 11) is 0. The van der Waals surface area contributed by atoms with Crippen LogP contribution in [0.4, 0.5) is 11.5 Å². The topological polar surface area (TPSA) is 54.2 Å². The van der Waals surface area contributed by atoms with E-state index in [0.717, 1.165) is 37.7 Å². The quantitative estimate of drug-likeness (QED) is 0.826. The summed E-state index contributed by atoms with van der Waals surface area (Å²) in [6.07, 6.45) is 4.50. The van der Waals surface area contributed by atoms with Gasteiger partial charge in [-0.05, 0) is 43.4 Å². The number of anilines is 2. The zero-order chi connectivity index (χ0) is 13.7. The van der Waals surface area contributed by atoms with Crippen LogP contribution in [0.5, 0.6) is 0 Å². The van der Waals surface area contributed by atoms with Crippen molar-refractivity contribution < 1.29 is 0 Å². The van der Waals surface area contributed by atoms with Crippen molar-refractivity contribution in [3.8, 4) is 0 Å². The Morgan fingerprint density at radius 1 is 1.32 bits per heavy atom. The largest absolute Gasteiger partial charge is 0.383 e. The fraction of sp³-hybridized carbons (Fsp3) is 0.667. The molecule has 0 saturated carbocycles. The standard InChI is InChI=1S/C15H26N4/c1-12(2)13(9-16)10-17-14-5-6-15(18-11-14)19-7-3-4-8-19/h5-6,11-13,17H,3-4,7-10,16H2,1-2H3. The summed E-state index contributed by atoms with van der Waals surface area (Å²) in [6.45, 7) is 8.36. The second-order valence-electron chi connectivity index (χ2n) is 5.72. The Hall–Kier alpha value is -1.29. The first-order chi connectivity index (χ1) is 9.20. The first kappa shape index (κ1) is 14.1. The third kappa shape index (κ3) is 3.83. The maximum absolute atomic E-state index is 5.78. The molecule has 2 heterocycles. The van der Waals surface area contributed by atoms with Crippen molar-refractivity contribution in [1.29, 1.82) is 0 Å². The summed E-state index contributed by atoms with van der Waals surface area (Å²) in [5.74, 6) is 2.22. The molecule has 1 saturated heterocycles. The Balaban J connectivity index is 1.87. The van der Waals surface area contributed by atoms with Gasteiger partial charge in [-0.25, -0.2) is 4.98 Å². The predicted octanol–water partition coefficient (Wildman–Crippen LogP) is 2.32. The van der Waals surface area contributed by atoms with Gasteiger partial charge in [0.2, 0.25) is 0 Å². The SMILES string of the molecule is CC(C)C(CN)CNc1ccc(N2CCCC2)nc1. The molecule has 106 valence electrons. The Bertz CT molecular complexity index is 368. The van der Waals surface area contributed by atoms with Gasteiger partial charge in [-0.15, -0.1) is 0 Å². The van der Waals surface area contributed by atoms with Gasteiger partial charge < -0.3 is 16.0 Å². The van der Waals surface area contributed by atoms with E-state index in [1.54, 1.807) is 0 Å². The molecular formula is C15H26N4. The zero-order valence-corrected chi connectivity index (χ0v) is 12.1. The molecule has 19 heavy (non-hydrogen) atoms. The minimum atomic E-state index is 0.512. The molecule has 1 unspecified atom stereocenters. The van der Waals surface area contributed by atoms with Crippen molar-refractivity contribution in [2.45, 2.75) is 26.7 Å². The van der Waals surface area contributed by atoms with Gasteiger partial charge >= 0.3 is 0 Å². The number of nitrogens with two attached hydrogens (primary N) is 1. The second kappa shape index (κ2) is 6.75. The average molecular weight is 262 g/mol. The highest BCUT2D eigenvalue weighted by Gasteiger charge is 2.13. The number of pyridine rings is 1. The molecule has 1 aromatic heterocycles. The second-order valence-corrected chi connectivity index (χ2v) is 5.72. The molecular weight excluding hydrogens is 236 g/mol. The van der Waals surface area contributed by atoms with Crippen LogP contribution < -0.4 is 16.0 Å². The highest BCUT2D eigenvalue weighted by atomic mass is 15.2. The summed E-state index contributed by atoms with van der Waals surface area (Å²) in [5.41, 5.74) is 6.87. The minimum Gasteiger partial charge on any atom is -0.383 e. The number of aromatic nitrogens is 1. The van der Waals surface area contributed by atoms with E-state index in [-0.39, 0.29) is 0 Å². The molecule has 0 aliphatic carbocycles. The minimum absolute atomic E-state index is 0.512. The molecule has 4 heteroatoms. The molecule has 0 bridgehead atoms. The van der Waals surface area contributed by atoms with E-state index in [2.05, 4.69) is 41.2 Å². The Labute approximate surface area is 116 Å². The molecule has 1 atom stereocenters. The van der Waals surface area contributed by atoms with Crippen molar-refractivity contribution in [2.75, 3.05) is 36.4 Å². The van der Waals surface area contributed by atoms with E-state index in [0.29, 0.717) is 11.8 Å². The fourth-order valence-electron chi connectivity index (χ4n) is 2.46. The third-order valence-corrected chi connectivity index (χ3v) is 3.99. The van der Waals surface area contributed by atoms with Crippen molar-refractivity contribution in [3.63, 3.8) is 0 Å². The summed E-state index contributed by atoms with van der Waals surface area (Å²) in [4.78, 5) is 6.89. The lowest BCUT2D eigenvalue weighted by Gasteiger charge is -2.20. The number of nitrogens with zero attached hydrogens (tertiary/aromatic N) is 2. The zero-order valence-electron chi connectivity index (χ0n) is 12.1. The monoisotopic (exact) mass is 262 g/mol. The van der Waals surface area contributed by atoms with Crippen molar-refractivity contribution >= 4 is 11.5 Å². The van der Waals surface area contributed by atoms with Gasteiger partial charge in [-0.2, -0.15) is 0 Å². The van der Waals surface area contributed by atoms with Crippen LogP contribution in [-0.2, 0) is 0 Å². The maximum Gasteiger partial charge on any atom is 0.128 e. The lowest BCUT2D eigenvalue weighted by molar-refractivity contribution is 0.413. The summed E-state index contributed by atoms with van der Waals surface area (Å²) in [5, 5.41) is 3.43. The predicted molar refractivity (Wildman–Crippen MR) is 81.6 cm³/mol. The summed E-state index contributed by atoms with van der Waals surface area (Å²) in [6, 6.07) is 4.23. The van der Waals surface area contributed by atoms with Gasteiger partial charge in [-0.1, -0.05) is 13.8 Å². The normalized spacial score (nSPS) is 16.9. The molecule has 1 aromatic rings. The Morgan fingerprint density at radius 2 is 2.05 bits per heavy atom. The average Bonchev–Trinajstić information content (AvgIpc) is 2.94. The van der Waals surface area contributed by atoms with Crippen LogP contribution in [0.2, 0.25) is 0 Å². The van der Waals surface area contributed by atoms with Crippen LogP contribution in [0.1, 0.15) is 26.7 Å². The smallest absolute Gasteiger partial charge is 0.128 e. The van der Waals surface area contributed by atoms with Crippen LogP contribution in [0.25, 0.3) is 0 Å². The van der Waals surface area contributed by atoms with Crippen LogP contribution in [-0.4, -0.2) is 31.2 Å². The van der Waals surface area contributed by atoms with E-state index in [1.165, 1.54) is 12.8 Å². The van der Waals surface area contributed by atoms with E-state index in [1.807, 2.05) is 6.20 Å². The van der Waals surface area contributed by atoms with E-state index in [9.17, 15) is 0 Å². The van der Waals surface area contributed by atoms with Crippen LogP contribution >= 0.6 is 0 Å². The van der Waals surface area contributed by atoms with E-state index >= 15 is 0 Å². The summed E-state index contributed by atoms with van der Waals surface area (Å²) >= 11 is 0. The number of hydrogen-bond donors (Lipinski definition) is 2. The molecule has 4 nitrogen and oxygen atoms in total. The summed E-state index contributed by atoms with van der Waals surface area (Å²) < 4.78 is 0. The molecule has 0 aromatic carbocycles. The highest BCUT2D eigenvalue weighted by Crippen LogP contribution is 2.19. The van der Waals surface area contributed by atoms with Crippen molar-refractivity contribution in [2.24, 2.45) is 17.6 Å². The van der Waals surface area contributed by atoms with Gasteiger partial charge in [-0.3, -0.25) is 0 Å². The molecule has 1 aliphatic rings. The van der Waals surface area contributed by atoms with E-state index < -0.39 is 0 Å². The molecule has 0 radical (unpaired) electrons. The first-order valence-electron chi connectivity index (χ1n) is 7.35. The molecule has 0 amide bonds. The molecule has 2 rings (SSSR count). The van der Waals surface area contributed by atoms with Crippen LogP contribution in [0.3, 0.4) is 0 Å². The fourth-order valence-corrected chi connectivity index (χ4v) is 2.46. The van der Waals surface area contributed by atoms with Gasteiger partial charge in [0.1, 0.15) is 5.82 Å². The lowest BCUT2D eigenvalue weighted by Crippen LogP contribution is -2.27. The molecule has 3 N–H and O–H groups in total. The number of nitrogens with one attached hydrogen (secondary N) is 1. The van der Waals surface area contributed by atoms with Crippen molar-refractivity contribution in [3.05, 3.63) is 18.3 Å². The van der Waals surface area contributed by atoms with Crippen molar-refractivity contribution in [1.82, 2.24) is 4.98 Å². The van der Waals surface area contributed by atoms with Gasteiger partial charge in [0.05, 0.1) is 11.9 Å². The first-order valence-corrected chi connectivity index (χ1v) is 7.35. The van der Waals surface area contributed by atoms with Gasteiger partial charge in [0.25, 0.3) is 0 Å². The lowest BCUT2D eigenvalue weighted by atomic mass is 9.96. The molecule has 1 fully saturated rings. The van der Waals surface area contributed by atoms with Crippen LogP contribution in [0, 0.1) is 11.8 Å². The van der Waals surface area contributed by atoms with Gasteiger partial charge in [0.15, 0.2) is 0 Å². The Kier molecular flexibility index (Phi) is 5.02. The molecule has 1 aliphatic heterocycles. The van der Waals surface area contributed by atoms with Gasteiger partial charge in [0, 0.05) is 19.6 Å². The van der Waals surface area contributed by atoms with Crippen LogP contribution in [0.15, 0.2) is 18.3 Å². The Morgan fingerprint density at radius 3 is 2.58 bits per heavy atom. The number of hydrogen-bond acceptors (Lipinski definition) is 4. The maximum atomic E-state index is 5.78. The van der Waals surface area contributed by atoms with E-state index in [4.69, 9.17) is 5.73 Å². The third-order valence-electron chi connectivity index (χ3n) is 3.99.